The molecule has 7 aromatic carbocycles. The van der Waals surface area contributed by atoms with Gasteiger partial charge in [0.2, 0.25) is 0 Å². The van der Waals surface area contributed by atoms with Gasteiger partial charge in [-0.25, -0.2) is 9.97 Å². The van der Waals surface area contributed by atoms with Crippen LogP contribution in [0.25, 0.3) is 97.6 Å². The SMILES string of the molecule is c1ccc(-c2nc(-c3ccc(-c4ccc(-c5ccc6c(c5)ncc5ccccc56)c5ccccc45)cc3)nc3c2sc2ccccc23)cc1. The lowest BCUT2D eigenvalue weighted by Gasteiger charge is -2.13. The highest BCUT2D eigenvalue weighted by atomic mass is 32.1. The Hall–Kier alpha value is -6.23. The molecule has 3 aromatic heterocycles. The molecule has 0 bridgehead atoms. The molecule has 0 unspecified atom stereocenters. The lowest BCUT2D eigenvalue weighted by atomic mass is 9.91. The van der Waals surface area contributed by atoms with E-state index in [-0.39, 0.29) is 0 Å². The van der Waals surface area contributed by atoms with E-state index in [1.807, 2.05) is 12.3 Å². The molecular weight excluding hydrogens is 615 g/mol. The van der Waals surface area contributed by atoms with Gasteiger partial charge in [-0.15, -0.1) is 11.3 Å². The number of hydrogen-bond acceptors (Lipinski definition) is 4. The molecule has 0 aliphatic rings. The third kappa shape index (κ3) is 4.61. The van der Waals surface area contributed by atoms with E-state index in [0.29, 0.717) is 0 Å². The summed E-state index contributed by atoms with van der Waals surface area (Å²) in [5.74, 6) is 0.736. The second-order valence-corrected chi connectivity index (χ2v) is 13.5. The molecule has 4 heteroatoms. The number of fused-ring (bicyclic) bond motifs is 7. The molecule has 228 valence electrons. The molecule has 0 N–H and O–H groups in total. The first-order valence-electron chi connectivity index (χ1n) is 16.4. The van der Waals surface area contributed by atoms with Crippen LogP contribution in [0, 0.1) is 0 Å². The summed E-state index contributed by atoms with van der Waals surface area (Å²) in [6.07, 6.45) is 1.97. The molecule has 10 rings (SSSR count). The highest BCUT2D eigenvalue weighted by molar-refractivity contribution is 7.26. The fraction of sp³-hybridized carbons (Fsp3) is 0. The van der Waals surface area contributed by atoms with E-state index < -0.39 is 0 Å². The number of hydrogen-bond donors (Lipinski definition) is 0. The van der Waals surface area contributed by atoms with Gasteiger partial charge in [0, 0.05) is 38.2 Å². The number of aromatic nitrogens is 3. The van der Waals surface area contributed by atoms with Crippen LogP contribution in [-0.4, -0.2) is 15.0 Å². The first-order valence-corrected chi connectivity index (χ1v) is 17.3. The van der Waals surface area contributed by atoms with Crippen molar-refractivity contribution in [2.24, 2.45) is 0 Å². The van der Waals surface area contributed by atoms with Gasteiger partial charge in [0.05, 0.1) is 21.4 Å². The first-order chi connectivity index (χ1) is 24.3. The van der Waals surface area contributed by atoms with Gasteiger partial charge in [-0.2, -0.15) is 0 Å². The maximum absolute atomic E-state index is 5.17. The Labute approximate surface area is 286 Å². The number of thiophene rings is 1. The highest BCUT2D eigenvalue weighted by Crippen LogP contribution is 2.41. The van der Waals surface area contributed by atoms with Crippen molar-refractivity contribution in [3.05, 3.63) is 164 Å². The summed E-state index contributed by atoms with van der Waals surface area (Å²) in [4.78, 5) is 15.1. The predicted molar refractivity (Wildman–Crippen MR) is 207 cm³/mol. The Morgan fingerprint density at radius 3 is 1.86 bits per heavy atom. The lowest BCUT2D eigenvalue weighted by Crippen LogP contribution is -1.93. The summed E-state index contributed by atoms with van der Waals surface area (Å²) >= 11 is 1.76. The molecule has 0 fully saturated rings. The van der Waals surface area contributed by atoms with Crippen LogP contribution in [0.3, 0.4) is 0 Å². The number of rotatable bonds is 4. The molecule has 0 atom stereocenters. The molecule has 0 amide bonds. The van der Waals surface area contributed by atoms with E-state index in [2.05, 4.69) is 152 Å². The van der Waals surface area contributed by atoms with Crippen LogP contribution in [0.1, 0.15) is 0 Å². The molecule has 0 aliphatic carbocycles. The molecule has 49 heavy (non-hydrogen) atoms. The van der Waals surface area contributed by atoms with Gasteiger partial charge in [-0.3, -0.25) is 4.98 Å². The van der Waals surface area contributed by atoms with Crippen LogP contribution in [0.5, 0.6) is 0 Å². The largest absolute Gasteiger partial charge is 0.256 e. The Morgan fingerprint density at radius 2 is 1.06 bits per heavy atom. The third-order valence-electron chi connectivity index (χ3n) is 9.55. The van der Waals surface area contributed by atoms with Gasteiger partial charge in [0.1, 0.15) is 0 Å². The third-order valence-corrected chi connectivity index (χ3v) is 10.7. The minimum atomic E-state index is 0.736. The number of pyridine rings is 1. The number of benzene rings is 7. The summed E-state index contributed by atoms with van der Waals surface area (Å²) in [6, 6.07) is 55.9. The smallest absolute Gasteiger partial charge is 0.160 e. The zero-order chi connectivity index (χ0) is 32.3. The Kier molecular flexibility index (Phi) is 6.36. The van der Waals surface area contributed by atoms with Crippen molar-refractivity contribution in [1.82, 2.24) is 15.0 Å². The van der Waals surface area contributed by atoms with E-state index in [0.717, 1.165) is 54.9 Å². The van der Waals surface area contributed by atoms with Gasteiger partial charge < -0.3 is 0 Å². The minimum absolute atomic E-state index is 0.736. The van der Waals surface area contributed by atoms with Crippen molar-refractivity contribution < 1.29 is 0 Å². The fourth-order valence-electron chi connectivity index (χ4n) is 7.14. The van der Waals surface area contributed by atoms with E-state index in [4.69, 9.17) is 15.0 Å². The van der Waals surface area contributed by atoms with Crippen LogP contribution in [0.2, 0.25) is 0 Å². The molecule has 3 nitrogen and oxygen atoms in total. The van der Waals surface area contributed by atoms with Crippen LogP contribution in [0.15, 0.2) is 164 Å². The van der Waals surface area contributed by atoms with E-state index in [9.17, 15) is 0 Å². The Balaban J connectivity index is 1.07. The minimum Gasteiger partial charge on any atom is -0.256 e. The Bertz CT molecular complexity index is 2870. The van der Waals surface area contributed by atoms with Crippen LogP contribution in [-0.2, 0) is 0 Å². The second kappa shape index (κ2) is 11.2. The van der Waals surface area contributed by atoms with Crippen LogP contribution >= 0.6 is 11.3 Å². The normalized spacial score (nSPS) is 11.7. The molecule has 0 spiro atoms. The molecule has 3 heterocycles. The molecular formula is C45H27N3S. The van der Waals surface area contributed by atoms with E-state index in [1.54, 1.807) is 11.3 Å². The molecule has 0 aliphatic heterocycles. The van der Waals surface area contributed by atoms with Gasteiger partial charge in [-0.1, -0.05) is 146 Å². The maximum atomic E-state index is 5.17. The quantitative estimate of drug-likeness (QED) is 0.180. The van der Waals surface area contributed by atoms with Crippen LogP contribution in [0.4, 0.5) is 0 Å². The predicted octanol–water partition coefficient (Wildman–Crippen LogP) is 12.4. The molecule has 0 saturated heterocycles. The summed E-state index contributed by atoms with van der Waals surface area (Å²) in [5.41, 5.74) is 9.80. The van der Waals surface area contributed by atoms with Gasteiger partial charge in [-0.05, 0) is 50.5 Å². The first kappa shape index (κ1) is 27.8. The zero-order valence-electron chi connectivity index (χ0n) is 26.3. The highest BCUT2D eigenvalue weighted by Gasteiger charge is 2.17. The van der Waals surface area contributed by atoms with Crippen LogP contribution < -0.4 is 0 Å². The van der Waals surface area contributed by atoms with Crippen molar-refractivity contribution >= 4 is 64.1 Å². The lowest BCUT2D eigenvalue weighted by molar-refractivity contribution is 1.24. The second-order valence-electron chi connectivity index (χ2n) is 12.4. The zero-order valence-corrected chi connectivity index (χ0v) is 27.2. The van der Waals surface area contributed by atoms with Crippen molar-refractivity contribution in [3.8, 4) is 44.9 Å². The topological polar surface area (TPSA) is 38.7 Å². The standard InChI is InChI=1S/C45H27N3S/c1-2-10-29(11-3-1)42-44-43(39-16-8-9-17-41(39)49-44)48-45(47-42)30-20-18-28(19-21-30)34-24-25-35(37-15-7-6-14-36(34)37)31-22-23-38-33-13-5-4-12-32(33)27-46-40(38)26-31/h1-27H. The number of nitrogens with zero attached hydrogens (tertiary/aromatic N) is 3. The van der Waals surface area contributed by atoms with Crippen molar-refractivity contribution in [1.29, 1.82) is 0 Å². The average molecular weight is 642 g/mol. The average Bonchev–Trinajstić information content (AvgIpc) is 3.56. The van der Waals surface area contributed by atoms with E-state index in [1.165, 1.54) is 42.8 Å². The monoisotopic (exact) mass is 641 g/mol. The van der Waals surface area contributed by atoms with Gasteiger partial charge in [0.25, 0.3) is 0 Å². The molecule has 0 radical (unpaired) electrons. The summed E-state index contributed by atoms with van der Waals surface area (Å²) in [5, 5.41) is 7.17. The summed E-state index contributed by atoms with van der Waals surface area (Å²) in [7, 11) is 0. The van der Waals surface area contributed by atoms with Crippen molar-refractivity contribution in [2.45, 2.75) is 0 Å². The van der Waals surface area contributed by atoms with E-state index >= 15 is 0 Å². The van der Waals surface area contributed by atoms with Crippen molar-refractivity contribution in [2.75, 3.05) is 0 Å². The fourth-order valence-corrected chi connectivity index (χ4v) is 8.29. The maximum Gasteiger partial charge on any atom is 0.160 e. The van der Waals surface area contributed by atoms with Gasteiger partial charge >= 0.3 is 0 Å². The van der Waals surface area contributed by atoms with Gasteiger partial charge in [0.15, 0.2) is 5.82 Å². The van der Waals surface area contributed by atoms with Crippen molar-refractivity contribution in [3.63, 3.8) is 0 Å². The summed E-state index contributed by atoms with van der Waals surface area (Å²) < 4.78 is 2.34. The molecule has 0 saturated carbocycles. The molecule has 10 aromatic rings. The Morgan fingerprint density at radius 1 is 0.429 bits per heavy atom. The summed E-state index contributed by atoms with van der Waals surface area (Å²) in [6.45, 7) is 0.